The fraction of sp³-hybridized carbons (Fsp3) is 0.810. The highest BCUT2D eigenvalue weighted by atomic mass is 16.1. The standard InChI is InChI=1S/C11H18N2O2.C8H18.2CHNO/c1-10(7-13-9-15)6-11(2,3)4-5-12-8-14;1-3-5-7-8-6-4-2;2*2-1-3/h10H,4-7H2,1-3H3;3-8H2,1-2H3;2*2H. The quantitative estimate of drug-likeness (QED) is 0.257. The van der Waals surface area contributed by atoms with Crippen molar-refractivity contribution in [2.24, 2.45) is 21.3 Å². The second-order valence-electron chi connectivity index (χ2n) is 7.25. The van der Waals surface area contributed by atoms with E-state index >= 15 is 0 Å². The SMILES string of the molecule is CC(CN=C=O)CC(C)(C)CCN=C=O.CCCCCCCC.N=C=O.N=C=O. The van der Waals surface area contributed by atoms with Crippen molar-refractivity contribution in [2.75, 3.05) is 13.1 Å². The zero-order valence-corrected chi connectivity index (χ0v) is 18.7. The average molecular weight is 411 g/mol. The van der Waals surface area contributed by atoms with Gasteiger partial charge in [0.25, 0.3) is 0 Å². The normalized spacial score (nSPS) is 9.69. The summed E-state index contributed by atoms with van der Waals surface area (Å²) in [4.78, 5) is 43.6. The van der Waals surface area contributed by atoms with Gasteiger partial charge in [-0.1, -0.05) is 73.1 Å². The van der Waals surface area contributed by atoms with Crippen molar-refractivity contribution in [2.45, 2.75) is 86.0 Å². The molecule has 0 bridgehead atoms. The van der Waals surface area contributed by atoms with Crippen LogP contribution in [0.5, 0.6) is 0 Å². The van der Waals surface area contributed by atoms with E-state index in [1.54, 1.807) is 6.08 Å². The maximum absolute atomic E-state index is 9.94. The minimum Gasteiger partial charge on any atom is -0.222 e. The number of unbranched alkanes of at least 4 members (excludes halogenated alkanes) is 5. The lowest BCUT2D eigenvalue weighted by Gasteiger charge is -2.26. The van der Waals surface area contributed by atoms with Gasteiger partial charge in [0, 0.05) is 0 Å². The molecule has 8 nitrogen and oxygen atoms in total. The molecule has 0 fully saturated rings. The van der Waals surface area contributed by atoms with Gasteiger partial charge < -0.3 is 0 Å². The van der Waals surface area contributed by atoms with E-state index in [9.17, 15) is 9.59 Å². The molecule has 0 rings (SSSR count). The maximum atomic E-state index is 9.94. The van der Waals surface area contributed by atoms with Crippen molar-refractivity contribution < 1.29 is 19.2 Å². The molecule has 0 heterocycles. The van der Waals surface area contributed by atoms with Crippen LogP contribution in [0.2, 0.25) is 0 Å². The first-order valence-electron chi connectivity index (χ1n) is 9.91. The van der Waals surface area contributed by atoms with E-state index in [1.807, 2.05) is 6.92 Å². The number of aliphatic imine (C=N–C) groups is 2. The van der Waals surface area contributed by atoms with E-state index in [0.717, 1.165) is 25.0 Å². The molecular weight excluding hydrogens is 372 g/mol. The molecule has 0 saturated heterocycles. The molecule has 2 N–H and O–H groups in total. The largest absolute Gasteiger partial charge is 0.234 e. The Kier molecular flexibility index (Phi) is 35.5. The van der Waals surface area contributed by atoms with Gasteiger partial charge in [0.2, 0.25) is 24.3 Å². The maximum Gasteiger partial charge on any atom is 0.234 e. The Morgan fingerprint density at radius 2 is 1.24 bits per heavy atom. The minimum absolute atomic E-state index is 0.109. The second kappa shape index (κ2) is 30.3. The van der Waals surface area contributed by atoms with Crippen molar-refractivity contribution in [3.8, 4) is 0 Å². The highest BCUT2D eigenvalue weighted by molar-refractivity contribution is 5.33. The van der Waals surface area contributed by atoms with Crippen molar-refractivity contribution in [1.82, 2.24) is 0 Å². The lowest BCUT2D eigenvalue weighted by atomic mass is 9.80. The zero-order valence-electron chi connectivity index (χ0n) is 18.7. The molecule has 0 spiro atoms. The summed E-state index contributed by atoms with van der Waals surface area (Å²) in [5.74, 6) is 0.349. The molecule has 0 aromatic rings. The van der Waals surface area contributed by atoms with Gasteiger partial charge in [-0.05, 0) is 24.2 Å². The van der Waals surface area contributed by atoms with Crippen LogP contribution in [0.4, 0.5) is 0 Å². The molecule has 0 saturated carbocycles. The van der Waals surface area contributed by atoms with Crippen molar-refractivity contribution in [1.29, 1.82) is 10.8 Å². The van der Waals surface area contributed by atoms with E-state index in [0.29, 0.717) is 19.0 Å². The van der Waals surface area contributed by atoms with Gasteiger partial charge in [-0.15, -0.1) is 0 Å². The first-order valence-corrected chi connectivity index (χ1v) is 9.91. The lowest BCUT2D eigenvalue weighted by molar-refractivity contribution is 0.264. The third-order valence-corrected chi connectivity index (χ3v) is 3.79. The lowest BCUT2D eigenvalue weighted by Crippen LogP contribution is -2.18. The van der Waals surface area contributed by atoms with Crippen LogP contribution in [-0.2, 0) is 19.2 Å². The van der Waals surface area contributed by atoms with Crippen LogP contribution in [0.1, 0.15) is 86.0 Å². The average Bonchev–Trinajstić information content (AvgIpc) is 2.65. The van der Waals surface area contributed by atoms with E-state index in [2.05, 4.69) is 37.7 Å². The van der Waals surface area contributed by atoms with Gasteiger partial charge in [0.1, 0.15) is 0 Å². The van der Waals surface area contributed by atoms with Crippen LogP contribution in [-0.4, -0.2) is 37.4 Å². The molecule has 1 unspecified atom stereocenters. The molecule has 0 aromatic carbocycles. The highest BCUT2D eigenvalue weighted by Crippen LogP contribution is 2.29. The van der Waals surface area contributed by atoms with Gasteiger partial charge >= 0.3 is 0 Å². The topological polar surface area (TPSA) is 141 Å². The van der Waals surface area contributed by atoms with Crippen LogP contribution in [0.15, 0.2) is 9.98 Å². The van der Waals surface area contributed by atoms with Crippen LogP contribution in [0.3, 0.4) is 0 Å². The van der Waals surface area contributed by atoms with Gasteiger partial charge in [-0.25, -0.2) is 40.0 Å². The summed E-state index contributed by atoms with van der Waals surface area (Å²) in [5, 5.41) is 10.8. The summed E-state index contributed by atoms with van der Waals surface area (Å²) in [6.07, 6.45) is 14.9. The minimum atomic E-state index is 0.109. The third kappa shape index (κ3) is 46.0. The van der Waals surface area contributed by atoms with Crippen molar-refractivity contribution in [3.63, 3.8) is 0 Å². The molecule has 29 heavy (non-hydrogen) atoms. The molecule has 166 valence electrons. The predicted octanol–water partition coefficient (Wildman–Crippen LogP) is 5.27. The number of isocyanates is 4. The van der Waals surface area contributed by atoms with E-state index in [-0.39, 0.29) is 5.41 Å². The van der Waals surface area contributed by atoms with Crippen LogP contribution in [0, 0.1) is 22.2 Å². The Balaban J connectivity index is -0.000000186. The fourth-order valence-corrected chi connectivity index (χ4v) is 2.56. The summed E-state index contributed by atoms with van der Waals surface area (Å²) in [6, 6.07) is 0. The summed E-state index contributed by atoms with van der Waals surface area (Å²) >= 11 is 0. The van der Waals surface area contributed by atoms with E-state index in [4.69, 9.17) is 20.4 Å². The molecule has 0 aliphatic heterocycles. The van der Waals surface area contributed by atoms with Gasteiger partial charge in [-0.2, -0.15) is 0 Å². The number of rotatable bonds is 12. The predicted molar refractivity (Wildman–Crippen MR) is 114 cm³/mol. The molecule has 0 radical (unpaired) electrons. The molecule has 0 aromatic heterocycles. The summed E-state index contributed by atoms with van der Waals surface area (Å²) in [5.41, 5.74) is 0.109. The first kappa shape index (κ1) is 34.1. The van der Waals surface area contributed by atoms with Gasteiger partial charge in [-0.3, -0.25) is 0 Å². The Labute approximate surface area is 175 Å². The van der Waals surface area contributed by atoms with Crippen LogP contribution < -0.4 is 0 Å². The molecule has 0 aliphatic rings. The smallest absolute Gasteiger partial charge is 0.222 e. The van der Waals surface area contributed by atoms with E-state index in [1.165, 1.54) is 44.6 Å². The van der Waals surface area contributed by atoms with Gasteiger partial charge in [0.15, 0.2) is 0 Å². The molecular formula is C21H38N4O4. The first-order chi connectivity index (χ1) is 13.8. The van der Waals surface area contributed by atoms with Crippen molar-refractivity contribution in [3.05, 3.63) is 0 Å². The summed E-state index contributed by atoms with van der Waals surface area (Å²) in [7, 11) is 0. The Hall–Kier alpha value is -2.48. The number of nitrogens with one attached hydrogen (secondary N) is 2. The summed E-state index contributed by atoms with van der Waals surface area (Å²) in [6.45, 7) is 11.8. The molecule has 1 atom stereocenters. The second-order valence-corrected chi connectivity index (χ2v) is 7.25. The summed E-state index contributed by atoms with van der Waals surface area (Å²) < 4.78 is 0. The van der Waals surface area contributed by atoms with Crippen molar-refractivity contribution >= 4 is 24.3 Å². The third-order valence-electron chi connectivity index (χ3n) is 3.79. The number of hydrogen-bond acceptors (Lipinski definition) is 8. The Morgan fingerprint density at radius 3 is 1.59 bits per heavy atom. The zero-order chi connectivity index (χ0) is 23.4. The van der Waals surface area contributed by atoms with Crippen LogP contribution >= 0.6 is 0 Å². The molecule has 0 amide bonds. The number of carbonyl (C=O) groups excluding carboxylic acids is 4. The fourth-order valence-electron chi connectivity index (χ4n) is 2.56. The monoisotopic (exact) mass is 410 g/mol. The molecule has 0 aliphatic carbocycles. The Bertz CT molecular complexity index is 493. The highest BCUT2D eigenvalue weighted by Gasteiger charge is 2.20. The van der Waals surface area contributed by atoms with Crippen LogP contribution in [0.25, 0.3) is 0 Å². The van der Waals surface area contributed by atoms with Gasteiger partial charge in [0.05, 0.1) is 13.1 Å². The Morgan fingerprint density at radius 1 is 0.828 bits per heavy atom. The number of nitrogens with zero attached hydrogens (tertiary/aromatic N) is 2. The van der Waals surface area contributed by atoms with E-state index < -0.39 is 0 Å². The number of hydrogen-bond donors (Lipinski definition) is 2. The molecule has 8 heteroatoms.